The molecule has 0 heterocycles. The van der Waals surface area contributed by atoms with Gasteiger partial charge in [-0.3, -0.25) is 9.59 Å². The molecule has 198 valence electrons. The highest BCUT2D eigenvalue weighted by molar-refractivity contribution is 7.89. The minimum atomic E-state index is -4.05. The van der Waals surface area contributed by atoms with Crippen molar-refractivity contribution in [3.63, 3.8) is 0 Å². The van der Waals surface area contributed by atoms with Crippen LogP contribution < -0.4 is 10.1 Å². The first-order valence-corrected chi connectivity index (χ1v) is 13.3. The van der Waals surface area contributed by atoms with Gasteiger partial charge in [0.05, 0.1) is 28.0 Å². The Morgan fingerprint density at radius 1 is 1.13 bits per heavy atom. The normalized spacial score (nSPS) is 11.0. The number of nitriles is 1. The van der Waals surface area contributed by atoms with Gasteiger partial charge in [0.2, 0.25) is 11.8 Å². The number of benzene rings is 3. The van der Waals surface area contributed by atoms with Gasteiger partial charge in [-0.2, -0.15) is 5.26 Å². The van der Waals surface area contributed by atoms with E-state index in [0.717, 1.165) is 0 Å². The van der Waals surface area contributed by atoms with Crippen LogP contribution in [-0.4, -0.2) is 31.6 Å². The predicted molar refractivity (Wildman–Crippen MR) is 141 cm³/mol. The third-order valence-corrected chi connectivity index (χ3v) is 7.77. The first kappa shape index (κ1) is 28.9. The molecule has 0 unspecified atom stereocenters. The highest BCUT2D eigenvalue weighted by Gasteiger charge is 2.25. The average Bonchev–Trinajstić information content (AvgIpc) is 2.87. The number of carbonyl (C=O) groups is 2. The number of halogens is 3. The molecule has 0 aliphatic heterocycles. The molecule has 0 saturated carbocycles. The number of anilines is 1. The van der Waals surface area contributed by atoms with Crippen LogP contribution >= 0.6 is 23.2 Å². The lowest BCUT2D eigenvalue weighted by Gasteiger charge is -2.18. The van der Waals surface area contributed by atoms with E-state index in [1.807, 2.05) is 6.07 Å². The number of amides is 2. The summed E-state index contributed by atoms with van der Waals surface area (Å²) in [7, 11) is -2.86. The summed E-state index contributed by atoms with van der Waals surface area (Å²) in [6.07, 6.45) is -0.359. The number of nitrogens with one attached hydrogen (secondary N) is 1. The summed E-state index contributed by atoms with van der Waals surface area (Å²) in [5.74, 6) is -2.25. The zero-order valence-corrected chi connectivity index (χ0v) is 22.8. The van der Waals surface area contributed by atoms with E-state index >= 15 is 4.39 Å². The van der Waals surface area contributed by atoms with Crippen LogP contribution in [-0.2, 0) is 26.0 Å². The molecule has 0 bridgehead atoms. The summed E-state index contributed by atoms with van der Waals surface area (Å²) in [5.41, 5.74) is 0.928. The lowest BCUT2D eigenvalue weighted by molar-refractivity contribution is -0.125. The number of hydrogen-bond donors (Lipinski definition) is 1. The molecular formula is C26H22Cl2FN3O5S. The smallest absolute Gasteiger partial charge is 0.266 e. The van der Waals surface area contributed by atoms with E-state index < -0.39 is 27.7 Å². The predicted octanol–water partition coefficient (Wildman–Crippen LogP) is 5.84. The summed E-state index contributed by atoms with van der Waals surface area (Å²) in [5, 5.41) is 11.9. The molecule has 0 atom stereocenters. The Morgan fingerprint density at radius 3 is 2.47 bits per heavy atom. The fraction of sp³-hybridized carbons (Fsp3) is 0.192. The van der Waals surface area contributed by atoms with Gasteiger partial charge in [0, 0.05) is 29.7 Å². The summed E-state index contributed by atoms with van der Waals surface area (Å²) >= 11 is 12.1. The van der Waals surface area contributed by atoms with Crippen molar-refractivity contribution in [2.75, 3.05) is 12.4 Å². The topological polar surface area (TPSA) is 117 Å². The van der Waals surface area contributed by atoms with E-state index in [4.69, 9.17) is 33.2 Å². The quantitative estimate of drug-likeness (QED) is 0.359. The maximum Gasteiger partial charge on any atom is 0.266 e. The Kier molecular flexibility index (Phi) is 8.99. The lowest BCUT2D eigenvalue weighted by atomic mass is 10.1. The van der Waals surface area contributed by atoms with Crippen LogP contribution in [0, 0.1) is 24.1 Å². The Morgan fingerprint density at radius 2 is 1.84 bits per heavy atom. The number of sulfonamides is 1. The molecule has 0 aliphatic carbocycles. The monoisotopic (exact) mass is 577 g/mol. The van der Waals surface area contributed by atoms with Crippen molar-refractivity contribution in [3.8, 4) is 17.6 Å². The van der Waals surface area contributed by atoms with Gasteiger partial charge in [-0.1, -0.05) is 36.2 Å². The number of ether oxygens (including phenoxy) is 1. The van der Waals surface area contributed by atoms with Crippen molar-refractivity contribution in [1.29, 1.82) is 5.26 Å². The fourth-order valence-corrected chi connectivity index (χ4v) is 5.12. The largest absolute Gasteiger partial charge is 0.453 e. The molecule has 0 spiro atoms. The Balaban J connectivity index is 1.80. The molecule has 0 saturated heterocycles. The molecule has 3 rings (SSSR count). The van der Waals surface area contributed by atoms with Crippen LogP contribution in [0.2, 0.25) is 10.0 Å². The van der Waals surface area contributed by atoms with Crippen LogP contribution in [0.3, 0.4) is 0 Å². The molecule has 8 nitrogen and oxygen atoms in total. The van der Waals surface area contributed by atoms with E-state index in [9.17, 15) is 18.0 Å². The van der Waals surface area contributed by atoms with E-state index in [1.165, 1.54) is 55.6 Å². The highest BCUT2D eigenvalue weighted by Crippen LogP contribution is 2.35. The molecule has 1 N–H and O–H groups in total. The third-order valence-electron chi connectivity index (χ3n) is 5.48. The molecule has 38 heavy (non-hydrogen) atoms. The molecule has 0 aromatic heterocycles. The van der Waals surface area contributed by atoms with Gasteiger partial charge in [-0.15, -0.1) is 0 Å². The van der Waals surface area contributed by atoms with Crippen LogP contribution in [0.4, 0.5) is 10.1 Å². The van der Waals surface area contributed by atoms with Crippen molar-refractivity contribution in [2.45, 2.75) is 31.6 Å². The summed E-state index contributed by atoms with van der Waals surface area (Å²) in [6, 6.07) is 12.8. The van der Waals surface area contributed by atoms with Crippen molar-refractivity contribution < 1.29 is 27.1 Å². The van der Waals surface area contributed by atoms with Crippen molar-refractivity contribution in [2.24, 2.45) is 0 Å². The standard InChI is InChI=1S/C26H22Cl2FN3O5S/c1-4-24(34)32(3)38(35,36)20-6-8-22(15(2)9-20)31-23(33)12-17-5-7-21(28)26(25(17)29)37-19-11-16(14-30)10-18(27)13-19/h5-11,13H,4,12H2,1-3H3,(H,31,33). The van der Waals surface area contributed by atoms with E-state index in [2.05, 4.69) is 5.32 Å². The minimum Gasteiger partial charge on any atom is -0.453 e. The molecule has 3 aromatic carbocycles. The first-order chi connectivity index (χ1) is 17.9. The second-order valence-corrected chi connectivity index (χ2v) is 11.0. The second kappa shape index (κ2) is 11.8. The Hall–Kier alpha value is -3.65. The molecular weight excluding hydrogens is 556 g/mol. The molecule has 12 heteroatoms. The molecule has 0 fully saturated rings. The summed E-state index contributed by atoms with van der Waals surface area (Å²) in [4.78, 5) is 24.4. The van der Waals surface area contributed by atoms with Gasteiger partial charge in [0.15, 0.2) is 11.6 Å². The number of nitrogens with zero attached hydrogens (tertiary/aromatic N) is 2. The first-order valence-electron chi connectivity index (χ1n) is 11.1. The lowest BCUT2D eigenvalue weighted by Crippen LogP contribution is -2.32. The minimum absolute atomic E-state index is 0.0130. The van der Waals surface area contributed by atoms with Gasteiger partial charge in [0.1, 0.15) is 5.75 Å². The zero-order chi connectivity index (χ0) is 28.2. The maximum absolute atomic E-state index is 15.2. The molecule has 2 amide bonds. The third kappa shape index (κ3) is 6.42. The van der Waals surface area contributed by atoms with Gasteiger partial charge in [0.25, 0.3) is 10.0 Å². The van der Waals surface area contributed by atoms with Crippen LogP contribution in [0.15, 0.2) is 53.4 Å². The van der Waals surface area contributed by atoms with Gasteiger partial charge >= 0.3 is 0 Å². The molecule has 0 aliphatic rings. The highest BCUT2D eigenvalue weighted by atomic mass is 35.5. The van der Waals surface area contributed by atoms with Gasteiger partial charge in [-0.25, -0.2) is 17.1 Å². The summed E-state index contributed by atoms with van der Waals surface area (Å²) in [6.45, 7) is 3.14. The van der Waals surface area contributed by atoms with Crippen LogP contribution in [0.1, 0.15) is 30.0 Å². The number of carbonyl (C=O) groups excluding carboxylic acids is 2. The van der Waals surface area contributed by atoms with Crippen molar-refractivity contribution in [1.82, 2.24) is 4.31 Å². The zero-order valence-electron chi connectivity index (χ0n) is 20.5. The molecule has 0 radical (unpaired) electrons. The Labute approximate surface area is 229 Å². The van der Waals surface area contributed by atoms with Crippen molar-refractivity contribution >= 4 is 50.7 Å². The van der Waals surface area contributed by atoms with Crippen molar-refractivity contribution in [3.05, 3.63) is 81.1 Å². The Bertz CT molecular complexity index is 1570. The van der Waals surface area contributed by atoms with Gasteiger partial charge < -0.3 is 10.1 Å². The fourth-order valence-electron chi connectivity index (χ4n) is 3.43. The number of hydrogen-bond acceptors (Lipinski definition) is 6. The summed E-state index contributed by atoms with van der Waals surface area (Å²) < 4.78 is 46.8. The SMILES string of the molecule is CCC(=O)N(C)S(=O)(=O)c1ccc(NC(=O)Cc2ccc(Cl)c(Oc3cc(Cl)cc(C#N)c3)c2F)c(C)c1. The maximum atomic E-state index is 15.2. The number of aryl methyl sites for hydroxylation is 1. The average molecular weight is 578 g/mol. The molecule has 3 aromatic rings. The van der Waals surface area contributed by atoms with Gasteiger partial charge in [-0.05, 0) is 55.0 Å². The van der Waals surface area contributed by atoms with Crippen LogP contribution in [0.25, 0.3) is 0 Å². The van der Waals surface area contributed by atoms with Crippen LogP contribution in [0.5, 0.6) is 11.5 Å². The second-order valence-electron chi connectivity index (χ2n) is 8.16. The van der Waals surface area contributed by atoms with E-state index in [1.54, 1.807) is 13.8 Å². The van der Waals surface area contributed by atoms with E-state index in [-0.39, 0.29) is 50.4 Å². The number of rotatable bonds is 8. The van der Waals surface area contributed by atoms with E-state index in [0.29, 0.717) is 15.6 Å².